The summed E-state index contributed by atoms with van der Waals surface area (Å²) in [6.45, 7) is 1.93. The predicted octanol–water partition coefficient (Wildman–Crippen LogP) is 2.60. The van der Waals surface area contributed by atoms with Gasteiger partial charge in [0.1, 0.15) is 5.75 Å². The molecule has 0 radical (unpaired) electrons. The molecule has 2 rings (SSSR count). The summed E-state index contributed by atoms with van der Waals surface area (Å²) < 4.78 is 0. The molecule has 0 spiro atoms. The van der Waals surface area contributed by atoms with Gasteiger partial charge in [0.15, 0.2) is 0 Å². The number of rotatable bonds is 3. The molecule has 82 valence electrons. The minimum Gasteiger partial charge on any atom is -0.508 e. The molecule has 2 aromatic rings. The molecular formula is C11H11N3OS. The molecule has 0 aliphatic carbocycles. The normalized spacial score (nSPS) is 10.8. The average Bonchev–Trinajstić information content (AvgIpc) is 2.64. The van der Waals surface area contributed by atoms with Crippen molar-refractivity contribution in [3.05, 3.63) is 40.9 Å². The lowest BCUT2D eigenvalue weighted by Gasteiger charge is -1.95. The molecule has 0 amide bonds. The molecule has 0 fully saturated rings. The van der Waals surface area contributed by atoms with Crippen LogP contribution in [-0.2, 0) is 0 Å². The van der Waals surface area contributed by atoms with Crippen molar-refractivity contribution < 1.29 is 5.11 Å². The Hall–Kier alpha value is -1.88. The second kappa shape index (κ2) is 4.76. The van der Waals surface area contributed by atoms with Gasteiger partial charge < -0.3 is 5.11 Å². The highest BCUT2D eigenvalue weighted by Crippen LogP contribution is 2.14. The smallest absolute Gasteiger partial charge is 0.203 e. The minimum atomic E-state index is 0.231. The summed E-state index contributed by atoms with van der Waals surface area (Å²) in [5.41, 5.74) is 4.63. The maximum atomic E-state index is 9.24. The van der Waals surface area contributed by atoms with Crippen LogP contribution in [0.5, 0.6) is 5.75 Å². The van der Waals surface area contributed by atoms with Gasteiger partial charge in [-0.05, 0) is 24.6 Å². The zero-order valence-corrected chi connectivity index (χ0v) is 9.53. The van der Waals surface area contributed by atoms with Crippen molar-refractivity contribution in [2.75, 3.05) is 5.43 Å². The van der Waals surface area contributed by atoms with Crippen LogP contribution in [0.25, 0.3) is 0 Å². The minimum absolute atomic E-state index is 0.231. The Morgan fingerprint density at radius 3 is 3.06 bits per heavy atom. The molecule has 0 aliphatic heterocycles. The summed E-state index contributed by atoms with van der Waals surface area (Å²) in [6.07, 6.45) is 1.64. The zero-order valence-electron chi connectivity index (χ0n) is 8.71. The first kappa shape index (κ1) is 10.6. The van der Waals surface area contributed by atoms with Gasteiger partial charge in [0.2, 0.25) is 5.13 Å². The highest BCUT2D eigenvalue weighted by Gasteiger charge is 1.94. The molecule has 1 aromatic carbocycles. The number of hydrogen-bond donors (Lipinski definition) is 2. The van der Waals surface area contributed by atoms with Crippen molar-refractivity contribution >= 4 is 22.7 Å². The number of hydrazone groups is 1. The number of nitrogens with zero attached hydrogens (tertiary/aromatic N) is 2. The van der Waals surface area contributed by atoms with Crippen LogP contribution in [0.15, 0.2) is 34.7 Å². The third-order valence-corrected chi connectivity index (χ3v) is 2.73. The molecule has 5 heteroatoms. The van der Waals surface area contributed by atoms with Crippen molar-refractivity contribution in [1.82, 2.24) is 4.98 Å². The van der Waals surface area contributed by atoms with Crippen molar-refractivity contribution in [3.8, 4) is 5.75 Å². The Morgan fingerprint density at radius 2 is 2.38 bits per heavy atom. The monoisotopic (exact) mass is 233 g/mol. The topological polar surface area (TPSA) is 57.5 Å². The van der Waals surface area contributed by atoms with E-state index in [1.165, 1.54) is 11.3 Å². The van der Waals surface area contributed by atoms with Crippen LogP contribution in [0.4, 0.5) is 5.13 Å². The largest absolute Gasteiger partial charge is 0.508 e. The molecular weight excluding hydrogens is 222 g/mol. The van der Waals surface area contributed by atoms with Gasteiger partial charge >= 0.3 is 0 Å². The van der Waals surface area contributed by atoms with E-state index in [-0.39, 0.29) is 5.75 Å². The summed E-state index contributed by atoms with van der Waals surface area (Å²) in [7, 11) is 0. The summed E-state index contributed by atoms with van der Waals surface area (Å²) >= 11 is 1.50. The molecule has 4 nitrogen and oxygen atoms in total. The zero-order chi connectivity index (χ0) is 11.4. The number of aromatic nitrogens is 1. The Morgan fingerprint density at radius 1 is 1.50 bits per heavy atom. The fourth-order valence-corrected chi connectivity index (χ4v) is 1.81. The van der Waals surface area contributed by atoms with Crippen LogP contribution < -0.4 is 5.43 Å². The first-order valence-corrected chi connectivity index (χ1v) is 5.62. The van der Waals surface area contributed by atoms with Gasteiger partial charge in [-0.15, -0.1) is 11.3 Å². The third-order valence-electron chi connectivity index (χ3n) is 1.86. The molecule has 0 atom stereocenters. The van der Waals surface area contributed by atoms with E-state index in [0.717, 1.165) is 16.4 Å². The second-order valence-corrected chi connectivity index (χ2v) is 4.12. The number of nitrogens with one attached hydrogen (secondary N) is 1. The number of anilines is 1. The van der Waals surface area contributed by atoms with E-state index in [2.05, 4.69) is 15.5 Å². The third kappa shape index (κ3) is 2.80. The van der Waals surface area contributed by atoms with Crippen LogP contribution in [0, 0.1) is 6.92 Å². The Balaban J connectivity index is 2.00. The van der Waals surface area contributed by atoms with Crippen molar-refractivity contribution in [3.63, 3.8) is 0 Å². The van der Waals surface area contributed by atoms with Crippen LogP contribution in [-0.4, -0.2) is 16.3 Å². The number of phenolic OH excluding ortho intramolecular Hbond substituents is 1. The number of hydrogen-bond acceptors (Lipinski definition) is 5. The van der Waals surface area contributed by atoms with Gasteiger partial charge in [-0.2, -0.15) is 5.10 Å². The van der Waals surface area contributed by atoms with Gasteiger partial charge in [0.05, 0.1) is 11.9 Å². The maximum absolute atomic E-state index is 9.24. The molecule has 1 heterocycles. The molecule has 0 bridgehead atoms. The van der Waals surface area contributed by atoms with Gasteiger partial charge in [0, 0.05) is 5.38 Å². The molecule has 0 unspecified atom stereocenters. The first-order chi connectivity index (χ1) is 7.74. The fourth-order valence-electron chi connectivity index (χ4n) is 1.17. The maximum Gasteiger partial charge on any atom is 0.203 e. The highest BCUT2D eigenvalue weighted by molar-refractivity contribution is 7.13. The van der Waals surface area contributed by atoms with E-state index < -0.39 is 0 Å². The van der Waals surface area contributed by atoms with E-state index in [1.807, 2.05) is 18.4 Å². The Labute approximate surface area is 97.3 Å². The van der Waals surface area contributed by atoms with Gasteiger partial charge in [0.25, 0.3) is 0 Å². The molecule has 16 heavy (non-hydrogen) atoms. The Kier molecular flexibility index (Phi) is 3.16. The van der Waals surface area contributed by atoms with E-state index in [4.69, 9.17) is 0 Å². The summed E-state index contributed by atoms with van der Waals surface area (Å²) in [6, 6.07) is 6.88. The summed E-state index contributed by atoms with van der Waals surface area (Å²) in [5, 5.41) is 16.0. The van der Waals surface area contributed by atoms with E-state index >= 15 is 0 Å². The van der Waals surface area contributed by atoms with Crippen LogP contribution >= 0.6 is 11.3 Å². The standard InChI is InChI=1S/C11H11N3OS/c1-8-7-16-11(13-8)14-12-6-9-3-2-4-10(15)5-9/h2-7,15H,1H3,(H,13,14). The number of benzene rings is 1. The lowest BCUT2D eigenvalue weighted by atomic mass is 10.2. The van der Waals surface area contributed by atoms with Crippen molar-refractivity contribution in [2.24, 2.45) is 5.10 Å². The van der Waals surface area contributed by atoms with Crippen LogP contribution in [0.2, 0.25) is 0 Å². The molecule has 1 aromatic heterocycles. The molecule has 0 saturated carbocycles. The summed E-state index contributed by atoms with van der Waals surface area (Å²) in [5.74, 6) is 0.231. The van der Waals surface area contributed by atoms with Gasteiger partial charge in [-0.1, -0.05) is 12.1 Å². The van der Waals surface area contributed by atoms with Gasteiger partial charge in [-0.3, -0.25) is 5.43 Å². The molecule has 2 N–H and O–H groups in total. The quantitative estimate of drug-likeness (QED) is 0.633. The summed E-state index contributed by atoms with van der Waals surface area (Å²) in [4.78, 5) is 4.20. The van der Waals surface area contributed by atoms with Crippen molar-refractivity contribution in [1.29, 1.82) is 0 Å². The van der Waals surface area contributed by atoms with E-state index in [0.29, 0.717) is 0 Å². The number of phenols is 1. The van der Waals surface area contributed by atoms with E-state index in [1.54, 1.807) is 24.4 Å². The average molecular weight is 233 g/mol. The lowest BCUT2D eigenvalue weighted by molar-refractivity contribution is 0.475. The fraction of sp³-hybridized carbons (Fsp3) is 0.0909. The van der Waals surface area contributed by atoms with E-state index in [9.17, 15) is 5.11 Å². The predicted molar refractivity (Wildman–Crippen MR) is 66.2 cm³/mol. The SMILES string of the molecule is Cc1csc(NN=Cc2cccc(O)c2)n1. The Bertz CT molecular complexity index is 507. The van der Waals surface area contributed by atoms with Crippen LogP contribution in [0.1, 0.15) is 11.3 Å². The van der Waals surface area contributed by atoms with Crippen molar-refractivity contribution in [2.45, 2.75) is 6.92 Å². The lowest BCUT2D eigenvalue weighted by Crippen LogP contribution is -1.89. The number of thiazole rings is 1. The molecule has 0 aliphatic rings. The first-order valence-electron chi connectivity index (χ1n) is 4.74. The van der Waals surface area contributed by atoms with Gasteiger partial charge in [-0.25, -0.2) is 4.98 Å². The molecule has 0 saturated heterocycles. The number of aromatic hydroxyl groups is 1. The van der Waals surface area contributed by atoms with Crippen LogP contribution in [0.3, 0.4) is 0 Å². The highest BCUT2D eigenvalue weighted by atomic mass is 32.1. The number of aryl methyl sites for hydroxylation is 1. The second-order valence-electron chi connectivity index (χ2n) is 3.26.